The van der Waals surface area contributed by atoms with Gasteiger partial charge in [-0.2, -0.15) is 9.59 Å². The number of nitrogens with zero attached hydrogens (tertiary/aromatic N) is 1. The molecular formula is C12H14N2O5. The number of aromatic nitrogens is 1. The highest BCUT2D eigenvalue weighted by atomic mass is 16.5. The summed E-state index contributed by atoms with van der Waals surface area (Å²) in [5, 5.41) is 0. The molecule has 0 radical (unpaired) electrons. The first-order chi connectivity index (χ1) is 9.17. The second-order valence-corrected chi connectivity index (χ2v) is 3.52. The van der Waals surface area contributed by atoms with E-state index in [4.69, 9.17) is 24.5 Å². The van der Waals surface area contributed by atoms with Crippen molar-refractivity contribution in [2.45, 2.75) is 20.1 Å². The van der Waals surface area contributed by atoms with Crippen molar-refractivity contribution in [2.24, 2.45) is 5.73 Å². The smallest absolute Gasteiger partial charge is 0.373 e. The van der Waals surface area contributed by atoms with E-state index < -0.39 is 5.97 Å². The van der Waals surface area contributed by atoms with Crippen LogP contribution in [0.5, 0.6) is 0 Å². The maximum atomic E-state index is 11.0. The molecule has 0 saturated carbocycles. The van der Waals surface area contributed by atoms with Crippen LogP contribution in [0.25, 0.3) is 11.1 Å². The Labute approximate surface area is 108 Å². The molecule has 19 heavy (non-hydrogen) atoms. The van der Waals surface area contributed by atoms with E-state index in [0.29, 0.717) is 0 Å². The van der Waals surface area contributed by atoms with Gasteiger partial charge in [-0.15, -0.1) is 0 Å². The van der Waals surface area contributed by atoms with Crippen LogP contribution in [-0.2, 0) is 32.3 Å². The zero-order valence-electron chi connectivity index (χ0n) is 10.4. The summed E-state index contributed by atoms with van der Waals surface area (Å²) < 4.78 is 12.2. The Bertz CT molecular complexity index is 578. The molecule has 0 fully saturated rings. The van der Waals surface area contributed by atoms with Gasteiger partial charge in [0.05, 0.1) is 18.3 Å². The first-order valence-corrected chi connectivity index (χ1v) is 5.58. The van der Waals surface area contributed by atoms with E-state index in [2.05, 4.69) is 0 Å². The van der Waals surface area contributed by atoms with Crippen LogP contribution in [0.2, 0.25) is 0 Å². The molecule has 2 N–H and O–H groups in total. The van der Waals surface area contributed by atoms with Crippen LogP contribution < -0.4 is 5.73 Å². The third-order valence-electron chi connectivity index (χ3n) is 2.49. The molecule has 7 nitrogen and oxygen atoms in total. The van der Waals surface area contributed by atoms with Gasteiger partial charge in [-0.25, -0.2) is 0 Å². The van der Waals surface area contributed by atoms with Crippen molar-refractivity contribution < 1.29 is 23.5 Å². The first kappa shape index (κ1) is 14.7. The summed E-state index contributed by atoms with van der Waals surface area (Å²) in [6.07, 6.45) is 2.72. The topological polar surface area (TPSA) is 105 Å². The molecule has 0 atom stereocenters. The lowest BCUT2D eigenvalue weighted by atomic mass is 10.3. The average Bonchev–Trinajstić information content (AvgIpc) is 2.97. The van der Waals surface area contributed by atoms with Crippen molar-refractivity contribution in [1.29, 1.82) is 0 Å². The summed E-state index contributed by atoms with van der Waals surface area (Å²) in [5.41, 5.74) is 7.98. The van der Waals surface area contributed by atoms with E-state index in [-0.39, 0.29) is 19.4 Å². The number of aryl methyl sites for hydroxylation is 1. The summed E-state index contributed by atoms with van der Waals surface area (Å²) in [6.45, 7) is 2.12. The lowest BCUT2D eigenvalue weighted by Crippen LogP contribution is -2.19. The fourth-order valence-corrected chi connectivity index (χ4v) is 1.67. The SMILES string of the molecule is CCc1cc2occc2n1COC(=O)CN.O=C=O. The third-order valence-corrected chi connectivity index (χ3v) is 2.49. The van der Waals surface area contributed by atoms with Crippen LogP contribution in [0, 0.1) is 0 Å². The summed E-state index contributed by atoms with van der Waals surface area (Å²) in [4.78, 5) is 27.2. The highest BCUT2D eigenvalue weighted by Crippen LogP contribution is 2.21. The molecule has 0 saturated heterocycles. The van der Waals surface area contributed by atoms with E-state index in [1.165, 1.54) is 0 Å². The Kier molecular flexibility index (Phi) is 5.53. The van der Waals surface area contributed by atoms with Crippen molar-refractivity contribution >= 4 is 23.2 Å². The first-order valence-electron chi connectivity index (χ1n) is 5.58. The van der Waals surface area contributed by atoms with E-state index in [1.54, 1.807) is 6.26 Å². The molecule has 2 aromatic heterocycles. The minimum atomic E-state index is -0.410. The second kappa shape index (κ2) is 7.15. The van der Waals surface area contributed by atoms with Crippen LogP contribution in [0.15, 0.2) is 22.8 Å². The summed E-state index contributed by atoms with van der Waals surface area (Å²) in [5.74, 6) is -0.410. The van der Waals surface area contributed by atoms with E-state index in [0.717, 1.165) is 23.2 Å². The molecule has 0 bridgehead atoms. The molecule has 2 heterocycles. The average molecular weight is 266 g/mol. The van der Waals surface area contributed by atoms with Gasteiger partial charge in [0.25, 0.3) is 0 Å². The largest absolute Gasteiger partial charge is 0.463 e. The highest BCUT2D eigenvalue weighted by Gasteiger charge is 2.10. The van der Waals surface area contributed by atoms with Crippen LogP contribution in [-0.4, -0.2) is 23.2 Å². The number of carbonyl (C=O) groups is 1. The molecule has 0 aliphatic carbocycles. The lowest BCUT2D eigenvalue weighted by Gasteiger charge is -2.08. The van der Waals surface area contributed by atoms with Crippen molar-refractivity contribution in [1.82, 2.24) is 4.57 Å². The van der Waals surface area contributed by atoms with Gasteiger partial charge in [-0.1, -0.05) is 6.92 Å². The van der Waals surface area contributed by atoms with E-state index in [1.807, 2.05) is 23.6 Å². The molecule has 0 unspecified atom stereocenters. The predicted molar refractivity (Wildman–Crippen MR) is 63.7 cm³/mol. The lowest BCUT2D eigenvalue weighted by molar-refractivity contribution is -0.191. The normalized spacial score (nSPS) is 9.58. The minimum absolute atomic E-state index is 0.0999. The van der Waals surface area contributed by atoms with Crippen LogP contribution in [0.4, 0.5) is 0 Å². The number of esters is 1. The van der Waals surface area contributed by atoms with E-state index >= 15 is 0 Å². The van der Waals surface area contributed by atoms with Gasteiger partial charge in [0.1, 0.15) is 0 Å². The molecule has 102 valence electrons. The summed E-state index contributed by atoms with van der Waals surface area (Å²) >= 11 is 0. The minimum Gasteiger partial charge on any atom is -0.463 e. The van der Waals surface area contributed by atoms with Gasteiger partial charge in [-0.05, 0) is 6.42 Å². The molecule has 2 aromatic rings. The van der Waals surface area contributed by atoms with Gasteiger partial charge in [0.15, 0.2) is 12.3 Å². The monoisotopic (exact) mass is 266 g/mol. The molecule has 0 aromatic carbocycles. The highest BCUT2D eigenvalue weighted by molar-refractivity contribution is 5.76. The fourth-order valence-electron chi connectivity index (χ4n) is 1.67. The van der Waals surface area contributed by atoms with E-state index in [9.17, 15) is 4.79 Å². The van der Waals surface area contributed by atoms with Crippen LogP contribution >= 0.6 is 0 Å². The third kappa shape index (κ3) is 3.54. The Balaban J connectivity index is 0.000000550. The van der Waals surface area contributed by atoms with Gasteiger partial charge in [0.2, 0.25) is 0 Å². The molecule has 7 heteroatoms. The number of furan rings is 1. The maximum Gasteiger partial charge on any atom is 0.373 e. The summed E-state index contributed by atoms with van der Waals surface area (Å²) in [6, 6.07) is 3.80. The quantitative estimate of drug-likeness (QED) is 0.815. The molecule has 0 amide bonds. The number of rotatable bonds is 4. The number of carbonyl (C=O) groups excluding carboxylic acids is 3. The zero-order chi connectivity index (χ0) is 14.3. The van der Waals surface area contributed by atoms with Gasteiger partial charge in [0, 0.05) is 17.8 Å². The van der Waals surface area contributed by atoms with Crippen molar-refractivity contribution in [3.05, 3.63) is 24.1 Å². The molecule has 2 rings (SSSR count). The molecule has 0 aliphatic heterocycles. The number of nitrogens with two attached hydrogens (primary N) is 1. The van der Waals surface area contributed by atoms with Crippen LogP contribution in [0.3, 0.4) is 0 Å². The zero-order valence-corrected chi connectivity index (χ0v) is 10.4. The Hall–Kier alpha value is -2.37. The van der Waals surface area contributed by atoms with Crippen LogP contribution in [0.1, 0.15) is 12.6 Å². The molecular weight excluding hydrogens is 252 g/mol. The fraction of sp³-hybridized carbons (Fsp3) is 0.333. The van der Waals surface area contributed by atoms with Gasteiger partial charge >= 0.3 is 12.1 Å². The molecule has 0 spiro atoms. The number of hydrogen-bond donors (Lipinski definition) is 1. The van der Waals surface area contributed by atoms with Gasteiger partial charge in [-0.3, -0.25) is 4.79 Å². The number of hydrogen-bond acceptors (Lipinski definition) is 6. The van der Waals surface area contributed by atoms with Crippen molar-refractivity contribution in [3.8, 4) is 0 Å². The second-order valence-electron chi connectivity index (χ2n) is 3.52. The standard InChI is InChI=1S/C11H14N2O3.CO2/c1-2-8-5-10-9(3-4-15-10)13(8)7-16-11(14)6-12;2-1-3/h3-5H,2,6-7,12H2,1H3;. The Morgan fingerprint density at radius 1 is 1.53 bits per heavy atom. The Morgan fingerprint density at radius 3 is 2.79 bits per heavy atom. The number of fused-ring (bicyclic) bond motifs is 1. The Morgan fingerprint density at radius 2 is 2.21 bits per heavy atom. The summed E-state index contributed by atoms with van der Waals surface area (Å²) in [7, 11) is 0. The molecule has 0 aliphatic rings. The van der Waals surface area contributed by atoms with Crippen molar-refractivity contribution in [2.75, 3.05) is 6.54 Å². The predicted octanol–water partition coefficient (Wildman–Crippen LogP) is 0.673. The van der Waals surface area contributed by atoms with Crippen molar-refractivity contribution in [3.63, 3.8) is 0 Å². The number of ether oxygens (including phenoxy) is 1. The maximum absolute atomic E-state index is 11.0. The van der Waals surface area contributed by atoms with Gasteiger partial charge < -0.3 is 19.5 Å².